The third-order valence-electron chi connectivity index (χ3n) is 7.91. The van der Waals surface area contributed by atoms with Gasteiger partial charge in [-0.1, -0.05) is 11.8 Å². The Kier molecular flexibility index (Phi) is 8.60. The molecule has 0 bridgehead atoms. The van der Waals surface area contributed by atoms with Gasteiger partial charge in [0.2, 0.25) is 5.96 Å². The highest BCUT2D eigenvalue weighted by Crippen LogP contribution is 2.31. The molecule has 4 atom stereocenters. The maximum Gasteiger partial charge on any atom is 0.407 e. The van der Waals surface area contributed by atoms with Crippen LogP contribution in [0.15, 0.2) is 44.8 Å². The van der Waals surface area contributed by atoms with Crippen LogP contribution in [0.2, 0.25) is 0 Å². The van der Waals surface area contributed by atoms with E-state index in [4.69, 9.17) is 14.7 Å². The number of hydrazine groups is 1. The van der Waals surface area contributed by atoms with Gasteiger partial charge in [0.1, 0.15) is 24.3 Å². The van der Waals surface area contributed by atoms with Crippen molar-refractivity contribution in [1.29, 1.82) is 10.5 Å². The zero-order valence-electron chi connectivity index (χ0n) is 24.8. The zero-order chi connectivity index (χ0) is 30.7. The van der Waals surface area contributed by atoms with Crippen LogP contribution in [-0.2, 0) is 4.74 Å². The summed E-state index contributed by atoms with van der Waals surface area (Å²) < 4.78 is 5.22. The van der Waals surface area contributed by atoms with Crippen molar-refractivity contribution in [2.45, 2.75) is 63.0 Å². The zero-order valence-corrected chi connectivity index (χ0v) is 24.8. The molecular formula is C29H37N11O3. The average Bonchev–Trinajstić information content (AvgIpc) is 3.75. The molecule has 0 spiro atoms. The van der Waals surface area contributed by atoms with Crippen LogP contribution in [0.4, 0.5) is 4.79 Å². The van der Waals surface area contributed by atoms with Gasteiger partial charge in [0.05, 0.1) is 24.2 Å². The molecule has 1 saturated carbocycles. The van der Waals surface area contributed by atoms with E-state index < -0.39 is 29.9 Å². The Labute approximate surface area is 251 Å². The van der Waals surface area contributed by atoms with Gasteiger partial charge in [-0.2, -0.15) is 15.5 Å². The molecule has 14 heteroatoms. The molecule has 0 aromatic rings. The summed E-state index contributed by atoms with van der Waals surface area (Å²) in [5.74, 6) is 7.04. The van der Waals surface area contributed by atoms with E-state index in [0.717, 1.165) is 18.4 Å². The number of likely N-dealkylation sites (tertiary alicyclic amines) is 1. The number of carbonyl (C=O) groups is 1. The van der Waals surface area contributed by atoms with Gasteiger partial charge in [-0.25, -0.2) is 9.80 Å². The highest BCUT2D eigenvalue weighted by Gasteiger charge is 2.47. The van der Waals surface area contributed by atoms with Gasteiger partial charge in [-0.05, 0) is 58.9 Å². The van der Waals surface area contributed by atoms with Crippen molar-refractivity contribution < 1.29 is 14.6 Å². The molecule has 1 amide bonds. The maximum absolute atomic E-state index is 12.2. The number of piperidine rings is 1. The minimum atomic E-state index is -0.838. The van der Waals surface area contributed by atoms with E-state index in [1.807, 2.05) is 37.7 Å². The van der Waals surface area contributed by atoms with E-state index in [-0.39, 0.29) is 24.8 Å². The van der Waals surface area contributed by atoms with Crippen LogP contribution in [0.5, 0.6) is 0 Å². The second kappa shape index (κ2) is 12.4. The van der Waals surface area contributed by atoms with Crippen LogP contribution < -0.4 is 21.4 Å². The number of allylic oxidation sites excluding steroid dienone is 3. The Hall–Kier alpha value is -4.55. The van der Waals surface area contributed by atoms with Gasteiger partial charge < -0.3 is 30.7 Å². The van der Waals surface area contributed by atoms with Crippen molar-refractivity contribution in [3.63, 3.8) is 0 Å². The molecule has 14 nitrogen and oxygen atoms in total. The number of aliphatic hydroxyl groups is 1. The Morgan fingerprint density at radius 3 is 2.81 bits per heavy atom. The van der Waals surface area contributed by atoms with Crippen molar-refractivity contribution in [3.05, 3.63) is 34.8 Å². The van der Waals surface area contributed by atoms with E-state index in [1.54, 1.807) is 17.3 Å². The molecule has 2 aliphatic carbocycles. The molecule has 0 radical (unpaired) electrons. The molecule has 2 unspecified atom stereocenters. The van der Waals surface area contributed by atoms with E-state index in [2.05, 4.69) is 45.4 Å². The van der Waals surface area contributed by atoms with Gasteiger partial charge in [-0.15, -0.1) is 0 Å². The Balaban J connectivity index is 1.33. The minimum Gasteiger partial charge on any atom is -0.448 e. The van der Waals surface area contributed by atoms with E-state index in [9.17, 15) is 20.4 Å². The number of likely N-dealkylation sites (N-methyl/N-ethyl adjacent to an activating group) is 1. The first kappa shape index (κ1) is 29.9. The number of ether oxygens (including phenoxy) is 1. The van der Waals surface area contributed by atoms with E-state index >= 15 is 0 Å². The second-order valence-electron chi connectivity index (χ2n) is 11.6. The van der Waals surface area contributed by atoms with Gasteiger partial charge in [0.25, 0.3) is 0 Å². The highest BCUT2D eigenvalue weighted by atomic mass is 16.5. The Morgan fingerprint density at radius 1 is 1.35 bits per heavy atom. The average molecular weight is 588 g/mol. The Bertz CT molecular complexity index is 1450. The second-order valence-corrected chi connectivity index (χ2v) is 11.6. The molecule has 3 heterocycles. The van der Waals surface area contributed by atoms with Gasteiger partial charge in [0, 0.05) is 31.5 Å². The molecule has 2 fully saturated rings. The van der Waals surface area contributed by atoms with Crippen LogP contribution in [0, 0.1) is 34.5 Å². The fourth-order valence-electron chi connectivity index (χ4n) is 5.19. The number of amidine groups is 1. The summed E-state index contributed by atoms with van der Waals surface area (Å²) in [4.78, 5) is 25.8. The largest absolute Gasteiger partial charge is 0.448 e. The summed E-state index contributed by atoms with van der Waals surface area (Å²) in [6.45, 7) is 5.51. The topological polar surface area (TPSA) is 177 Å². The van der Waals surface area contributed by atoms with Crippen molar-refractivity contribution in [2.75, 3.05) is 40.3 Å². The third kappa shape index (κ3) is 6.60. The number of aliphatic imine (C=N–C) groups is 2. The lowest BCUT2D eigenvalue weighted by Crippen LogP contribution is -2.66. The first-order valence-corrected chi connectivity index (χ1v) is 14.3. The number of nitrogens with zero attached hydrogens (tertiary/aromatic N) is 7. The summed E-state index contributed by atoms with van der Waals surface area (Å²) >= 11 is 0. The van der Waals surface area contributed by atoms with Gasteiger partial charge in [0.15, 0.2) is 17.2 Å². The first-order chi connectivity index (χ1) is 20.6. The summed E-state index contributed by atoms with van der Waals surface area (Å²) in [6, 6.07) is 3.67. The highest BCUT2D eigenvalue weighted by molar-refractivity contribution is 6.04. The lowest BCUT2D eigenvalue weighted by atomic mass is 9.97. The van der Waals surface area contributed by atoms with Crippen molar-refractivity contribution in [1.82, 2.24) is 36.2 Å². The first-order valence-electron chi connectivity index (χ1n) is 14.3. The monoisotopic (exact) mass is 587 g/mol. The van der Waals surface area contributed by atoms with Gasteiger partial charge in [-0.3, -0.25) is 15.3 Å². The fourth-order valence-corrected chi connectivity index (χ4v) is 5.19. The number of hydrogen-bond acceptors (Lipinski definition) is 12. The number of nitriles is 2. The minimum absolute atomic E-state index is 0.204. The predicted octanol–water partition coefficient (Wildman–Crippen LogP) is -0.170. The fraction of sp³-hybridized carbons (Fsp3) is 0.552. The van der Waals surface area contributed by atoms with Crippen LogP contribution in [-0.4, -0.2) is 108 Å². The number of amides is 1. The van der Waals surface area contributed by atoms with E-state index in [0.29, 0.717) is 42.7 Å². The van der Waals surface area contributed by atoms with Crippen LogP contribution in [0.3, 0.4) is 0 Å². The number of nitrogens with one attached hydrogen (secondary N) is 4. The number of aliphatic hydroxyl groups excluding tert-OH is 1. The quantitative estimate of drug-likeness (QED) is 0.250. The molecule has 0 aromatic carbocycles. The van der Waals surface area contributed by atoms with Crippen LogP contribution in [0.1, 0.15) is 33.1 Å². The maximum atomic E-state index is 12.2. The van der Waals surface area contributed by atoms with Crippen molar-refractivity contribution in [3.8, 4) is 24.0 Å². The SMILES string of the molecule is CC1=C(NC2=NC(=NC3CC3)C3(C)NC=C(C#N)N3N2)C=C(C#N)C#CC1N1CC[C@@H](NC(=O)OCCN(C)C)[C@H](O)C1. The number of hydrogen-bond donors (Lipinski definition) is 5. The molecular weight excluding hydrogens is 550 g/mol. The molecule has 226 valence electrons. The molecule has 3 aliphatic heterocycles. The number of β-amino-alcohol motifs (C(OH)–C–C–N with tert-alkyl or cyclic N) is 1. The lowest BCUT2D eigenvalue weighted by Gasteiger charge is -2.41. The predicted molar refractivity (Wildman–Crippen MR) is 158 cm³/mol. The standard InChI is InChI=1S/C29H37N11O3/c1-18-23(34-27-36-26(33-20-6-7-20)29(2)32-16-21(15-31)40(29)37-27)13-19(14-30)5-8-24(18)39-10-9-22(25(41)17-39)35-28(42)43-12-11-38(3)4/h13,16,20,22,24-25,32,41H,6-7,9-12,17H2,1-4H3,(H,35,42)(H2,33,34,36,37)/t22-,24?,25-,29?/m1/s1. The molecule has 5 N–H and O–H groups in total. The molecule has 1 saturated heterocycles. The smallest absolute Gasteiger partial charge is 0.407 e. The number of fused-ring (bicyclic) bond motifs is 1. The molecule has 5 rings (SSSR count). The molecule has 0 aromatic heterocycles. The lowest BCUT2D eigenvalue weighted by molar-refractivity contribution is 0.0327. The summed E-state index contributed by atoms with van der Waals surface area (Å²) in [7, 11) is 3.79. The molecule has 43 heavy (non-hydrogen) atoms. The van der Waals surface area contributed by atoms with Crippen molar-refractivity contribution >= 4 is 17.9 Å². The summed E-state index contributed by atoms with van der Waals surface area (Å²) in [6.07, 6.45) is 4.41. The number of carbonyl (C=O) groups excluding carboxylic acids is 1. The van der Waals surface area contributed by atoms with Crippen LogP contribution in [0.25, 0.3) is 0 Å². The summed E-state index contributed by atoms with van der Waals surface area (Å²) in [5, 5.41) is 41.4. The van der Waals surface area contributed by atoms with Crippen LogP contribution >= 0.6 is 0 Å². The van der Waals surface area contributed by atoms with E-state index in [1.165, 1.54) is 0 Å². The third-order valence-corrected chi connectivity index (χ3v) is 7.91. The summed E-state index contributed by atoms with van der Waals surface area (Å²) in [5.41, 5.74) is 4.46. The normalized spacial score (nSPS) is 29.4. The number of rotatable bonds is 7. The number of alkyl carbamates (subject to hydrolysis) is 1. The Morgan fingerprint density at radius 2 is 2.14 bits per heavy atom. The number of guanidine groups is 1. The van der Waals surface area contributed by atoms with Crippen molar-refractivity contribution in [2.24, 2.45) is 9.98 Å². The molecule has 5 aliphatic rings. The van der Waals surface area contributed by atoms with Gasteiger partial charge >= 0.3 is 6.09 Å².